The second-order valence-corrected chi connectivity index (χ2v) is 4.52. The smallest absolute Gasteiger partial charge is 0.101 e. The molecule has 0 spiro atoms. The van der Waals surface area contributed by atoms with Crippen LogP contribution in [0.5, 0.6) is 0 Å². The normalized spacial score (nSPS) is 25.1. The Hall–Kier alpha value is -1.31. The molecule has 17 heavy (non-hydrogen) atoms. The van der Waals surface area contributed by atoms with Gasteiger partial charge in [0.2, 0.25) is 0 Å². The molecule has 2 nitrogen and oxygen atoms in total. The van der Waals surface area contributed by atoms with Gasteiger partial charge in [-0.15, -0.1) is 0 Å². The molecule has 0 fully saturated rings. The fourth-order valence-corrected chi connectivity index (χ4v) is 2.62. The highest BCUT2D eigenvalue weighted by molar-refractivity contribution is 5.58. The van der Waals surface area contributed by atoms with Crippen molar-refractivity contribution in [2.45, 2.75) is 34.1 Å². The number of hydrogen-bond donors (Lipinski definition) is 0. The molecule has 0 aliphatic heterocycles. The molecule has 0 saturated heterocycles. The van der Waals surface area contributed by atoms with Crippen LogP contribution in [0, 0.1) is 11.8 Å². The van der Waals surface area contributed by atoms with Crippen molar-refractivity contribution in [3.8, 4) is 0 Å². The monoisotopic (exact) mass is 233 g/mol. The van der Waals surface area contributed by atoms with E-state index in [1.807, 2.05) is 13.1 Å². The maximum absolute atomic E-state index is 5.49. The zero-order valence-corrected chi connectivity index (χ0v) is 11.6. The highest BCUT2D eigenvalue weighted by atomic mass is 16.5. The highest BCUT2D eigenvalue weighted by Gasteiger charge is 2.30. The lowest BCUT2D eigenvalue weighted by atomic mass is 9.77. The van der Waals surface area contributed by atoms with Crippen LogP contribution in [0.25, 0.3) is 0 Å². The van der Waals surface area contributed by atoms with Crippen molar-refractivity contribution in [2.24, 2.45) is 16.8 Å². The van der Waals surface area contributed by atoms with Crippen LogP contribution in [0.3, 0.4) is 0 Å². The maximum atomic E-state index is 5.49. The van der Waals surface area contributed by atoms with Crippen LogP contribution in [0.15, 0.2) is 40.2 Å². The van der Waals surface area contributed by atoms with Gasteiger partial charge >= 0.3 is 0 Å². The molecule has 1 aliphatic carbocycles. The SMILES string of the molecule is C=C(C)C1=C(N=CC)C=C(OC)C(CC)C1C. The molecular formula is C15H23NO. The molecule has 0 radical (unpaired) electrons. The second kappa shape index (κ2) is 5.85. The van der Waals surface area contributed by atoms with Crippen molar-refractivity contribution in [2.75, 3.05) is 7.11 Å². The van der Waals surface area contributed by atoms with Gasteiger partial charge in [-0.1, -0.05) is 26.0 Å². The van der Waals surface area contributed by atoms with Crippen LogP contribution in [0.2, 0.25) is 0 Å². The van der Waals surface area contributed by atoms with Gasteiger partial charge in [0.25, 0.3) is 0 Å². The predicted molar refractivity (Wildman–Crippen MR) is 74.0 cm³/mol. The summed E-state index contributed by atoms with van der Waals surface area (Å²) >= 11 is 0. The minimum Gasteiger partial charge on any atom is -0.501 e. The van der Waals surface area contributed by atoms with Crippen molar-refractivity contribution in [3.05, 3.63) is 35.3 Å². The van der Waals surface area contributed by atoms with Crippen molar-refractivity contribution in [3.63, 3.8) is 0 Å². The van der Waals surface area contributed by atoms with Crippen LogP contribution in [0.4, 0.5) is 0 Å². The number of rotatable bonds is 4. The van der Waals surface area contributed by atoms with Crippen molar-refractivity contribution in [1.82, 2.24) is 0 Å². The second-order valence-electron chi connectivity index (χ2n) is 4.52. The summed E-state index contributed by atoms with van der Waals surface area (Å²) in [5.74, 6) is 1.88. The van der Waals surface area contributed by atoms with Crippen LogP contribution >= 0.6 is 0 Å². The lowest BCUT2D eigenvalue weighted by Gasteiger charge is -2.31. The molecule has 0 aromatic heterocycles. The largest absolute Gasteiger partial charge is 0.501 e. The van der Waals surface area contributed by atoms with E-state index in [1.165, 1.54) is 5.57 Å². The number of hydrogen-bond acceptors (Lipinski definition) is 2. The molecule has 2 unspecified atom stereocenters. The summed E-state index contributed by atoms with van der Waals surface area (Å²) in [6.45, 7) is 12.5. The number of allylic oxidation sites excluding steroid dienone is 4. The third kappa shape index (κ3) is 2.68. The molecule has 1 aliphatic rings. The number of ether oxygens (including phenoxy) is 1. The van der Waals surface area contributed by atoms with Gasteiger partial charge in [0.15, 0.2) is 0 Å². The van der Waals surface area contributed by atoms with E-state index in [9.17, 15) is 0 Å². The van der Waals surface area contributed by atoms with Gasteiger partial charge < -0.3 is 4.74 Å². The highest BCUT2D eigenvalue weighted by Crippen LogP contribution is 2.39. The van der Waals surface area contributed by atoms with Gasteiger partial charge in [0.1, 0.15) is 5.76 Å². The van der Waals surface area contributed by atoms with Gasteiger partial charge in [-0.25, -0.2) is 0 Å². The van der Waals surface area contributed by atoms with Crippen molar-refractivity contribution >= 4 is 6.21 Å². The van der Waals surface area contributed by atoms with Crippen molar-refractivity contribution in [1.29, 1.82) is 0 Å². The van der Waals surface area contributed by atoms with Crippen molar-refractivity contribution < 1.29 is 4.74 Å². The average molecular weight is 233 g/mol. The predicted octanol–water partition coefficient (Wildman–Crippen LogP) is 4.11. The quantitative estimate of drug-likeness (QED) is 0.669. The molecule has 94 valence electrons. The van der Waals surface area contributed by atoms with E-state index in [2.05, 4.69) is 38.4 Å². The van der Waals surface area contributed by atoms with Crippen LogP contribution in [-0.2, 0) is 4.74 Å². The number of nitrogens with zero attached hydrogens (tertiary/aromatic N) is 1. The number of aliphatic imine (C=N–C) groups is 1. The molecule has 0 N–H and O–H groups in total. The van der Waals surface area contributed by atoms with E-state index < -0.39 is 0 Å². The Morgan fingerprint density at radius 1 is 1.59 bits per heavy atom. The van der Waals surface area contributed by atoms with Gasteiger partial charge in [0.05, 0.1) is 12.8 Å². The lowest BCUT2D eigenvalue weighted by molar-refractivity contribution is 0.211. The molecule has 0 heterocycles. The van der Waals surface area contributed by atoms with E-state index in [0.717, 1.165) is 23.5 Å². The van der Waals surface area contributed by atoms with E-state index in [4.69, 9.17) is 4.74 Å². The maximum Gasteiger partial charge on any atom is 0.101 e. The third-order valence-electron chi connectivity index (χ3n) is 3.38. The van der Waals surface area contributed by atoms with Gasteiger partial charge in [-0.2, -0.15) is 0 Å². The standard InChI is InChI=1S/C15H23NO/c1-7-12-11(5)15(10(3)4)13(16-8-2)9-14(12)17-6/h8-9,11-12H,3,7H2,1-2,4-6H3. The Morgan fingerprint density at radius 3 is 2.65 bits per heavy atom. The molecule has 0 amide bonds. The van der Waals surface area contributed by atoms with E-state index in [1.54, 1.807) is 7.11 Å². The zero-order chi connectivity index (χ0) is 13.0. The summed E-state index contributed by atoms with van der Waals surface area (Å²) < 4.78 is 5.49. The van der Waals surface area contributed by atoms with E-state index in [0.29, 0.717) is 11.8 Å². The molecule has 0 aromatic carbocycles. The Balaban J connectivity index is 3.31. The lowest BCUT2D eigenvalue weighted by Crippen LogP contribution is -2.22. The first-order valence-electron chi connectivity index (χ1n) is 6.21. The van der Waals surface area contributed by atoms with Gasteiger partial charge in [-0.3, -0.25) is 4.99 Å². The minimum atomic E-state index is 0.413. The fraction of sp³-hybridized carbons (Fsp3) is 0.533. The van der Waals surface area contributed by atoms with E-state index in [-0.39, 0.29) is 0 Å². The number of methoxy groups -OCH3 is 1. The minimum absolute atomic E-state index is 0.413. The fourth-order valence-electron chi connectivity index (χ4n) is 2.62. The third-order valence-corrected chi connectivity index (χ3v) is 3.38. The molecule has 0 aromatic rings. The Labute approximate surface area is 105 Å². The summed E-state index contributed by atoms with van der Waals surface area (Å²) in [6, 6.07) is 0. The summed E-state index contributed by atoms with van der Waals surface area (Å²) in [4.78, 5) is 4.44. The van der Waals surface area contributed by atoms with Gasteiger partial charge in [0, 0.05) is 18.2 Å². The summed E-state index contributed by atoms with van der Waals surface area (Å²) in [5, 5.41) is 0. The summed E-state index contributed by atoms with van der Waals surface area (Å²) in [7, 11) is 1.74. The molecule has 1 rings (SSSR count). The summed E-state index contributed by atoms with van der Waals surface area (Å²) in [6.07, 6.45) is 4.94. The zero-order valence-electron chi connectivity index (χ0n) is 11.6. The molecule has 2 atom stereocenters. The van der Waals surface area contributed by atoms with E-state index >= 15 is 0 Å². The van der Waals surface area contributed by atoms with Crippen LogP contribution < -0.4 is 0 Å². The first kappa shape index (κ1) is 13.8. The topological polar surface area (TPSA) is 21.6 Å². The molecule has 2 heteroatoms. The first-order chi connectivity index (χ1) is 8.06. The Bertz CT molecular complexity index is 388. The van der Waals surface area contributed by atoms with Gasteiger partial charge in [-0.05, 0) is 31.8 Å². The molecular weight excluding hydrogens is 210 g/mol. The Morgan fingerprint density at radius 2 is 2.24 bits per heavy atom. The Kier molecular flexibility index (Phi) is 4.73. The summed E-state index contributed by atoms with van der Waals surface area (Å²) in [5.41, 5.74) is 3.35. The van der Waals surface area contributed by atoms with Crippen LogP contribution in [0.1, 0.15) is 34.1 Å². The molecule has 0 bridgehead atoms. The average Bonchev–Trinajstić information content (AvgIpc) is 2.28. The first-order valence-corrected chi connectivity index (χ1v) is 6.21. The van der Waals surface area contributed by atoms with Crippen LogP contribution in [-0.4, -0.2) is 13.3 Å². The molecule has 0 saturated carbocycles.